The highest BCUT2D eigenvalue weighted by Gasteiger charge is 2.74. The van der Waals surface area contributed by atoms with Crippen LogP contribution in [-0.2, 0) is 29.8 Å². The largest absolute Gasteiger partial charge is 0.491 e. The molecular formula is C34H35F8N3O6S. The van der Waals surface area contributed by atoms with Crippen molar-refractivity contribution in [3.63, 3.8) is 0 Å². The van der Waals surface area contributed by atoms with Crippen molar-refractivity contribution in [2.45, 2.75) is 91.6 Å². The van der Waals surface area contributed by atoms with E-state index in [1.54, 1.807) is 0 Å². The number of sulfone groups is 1. The van der Waals surface area contributed by atoms with Crippen molar-refractivity contribution in [3.8, 4) is 5.75 Å². The minimum atomic E-state index is -6.45. The number of hydrogen-bond donors (Lipinski definition) is 2. The van der Waals surface area contributed by atoms with Crippen LogP contribution in [0.4, 0.5) is 39.9 Å². The van der Waals surface area contributed by atoms with Gasteiger partial charge < -0.3 is 15.0 Å². The number of imide groups is 1. The summed E-state index contributed by atoms with van der Waals surface area (Å²) in [7, 11) is -4.74. The second-order valence-corrected chi connectivity index (χ2v) is 16.3. The Kier molecular flexibility index (Phi) is 9.14. The molecule has 6 atom stereocenters. The number of carbonyl (C=O) groups excluding carboxylic acids is 3. The average Bonchev–Trinajstić information content (AvgIpc) is 3.61. The third-order valence-electron chi connectivity index (χ3n) is 11.3. The van der Waals surface area contributed by atoms with Crippen LogP contribution >= 0.6 is 0 Å². The second kappa shape index (κ2) is 12.6. The zero-order valence-electron chi connectivity index (χ0n) is 27.8. The number of hydrogen-bond acceptors (Lipinski definition) is 6. The van der Waals surface area contributed by atoms with Crippen LogP contribution in [0.2, 0.25) is 0 Å². The van der Waals surface area contributed by atoms with Crippen molar-refractivity contribution < 1.29 is 62.7 Å². The number of urea groups is 1. The lowest BCUT2D eigenvalue weighted by atomic mass is 9.63. The molecule has 2 aromatic rings. The maximum Gasteiger partial charge on any atom is 0.435 e. The van der Waals surface area contributed by atoms with Gasteiger partial charge in [0, 0.05) is 23.6 Å². The summed E-state index contributed by atoms with van der Waals surface area (Å²) < 4.78 is 144. The van der Waals surface area contributed by atoms with Crippen molar-refractivity contribution in [3.05, 3.63) is 59.4 Å². The Bertz CT molecular complexity index is 1870. The molecule has 1 aliphatic carbocycles. The molecule has 4 aliphatic rings. The van der Waals surface area contributed by atoms with Gasteiger partial charge in [0.15, 0.2) is 9.84 Å². The van der Waals surface area contributed by atoms with Gasteiger partial charge >= 0.3 is 24.1 Å². The van der Waals surface area contributed by atoms with Gasteiger partial charge in [0.05, 0.1) is 10.9 Å². The van der Waals surface area contributed by atoms with E-state index in [4.69, 9.17) is 4.74 Å². The molecule has 2 N–H and O–H groups in total. The predicted octanol–water partition coefficient (Wildman–Crippen LogP) is 6.21. The molecule has 2 saturated heterocycles. The van der Waals surface area contributed by atoms with Crippen molar-refractivity contribution in [2.24, 2.45) is 17.8 Å². The van der Waals surface area contributed by atoms with E-state index >= 15 is 4.39 Å². The highest BCUT2D eigenvalue weighted by atomic mass is 32.2. The van der Waals surface area contributed by atoms with E-state index in [0.717, 1.165) is 30.7 Å². The van der Waals surface area contributed by atoms with Gasteiger partial charge in [-0.25, -0.2) is 22.0 Å². The summed E-state index contributed by atoms with van der Waals surface area (Å²) >= 11 is 0. The van der Waals surface area contributed by atoms with Gasteiger partial charge in [-0.15, -0.1) is 0 Å². The number of fused-ring (bicyclic) bond motifs is 3. The summed E-state index contributed by atoms with van der Waals surface area (Å²) in [6.07, 6.45) is -11.5. The first kappa shape index (κ1) is 37.8. The lowest BCUT2D eigenvalue weighted by Gasteiger charge is -2.46. The Morgan fingerprint density at radius 2 is 1.67 bits per heavy atom. The Balaban J connectivity index is 1.42. The van der Waals surface area contributed by atoms with Gasteiger partial charge in [-0.1, -0.05) is 38.8 Å². The predicted molar refractivity (Wildman–Crippen MR) is 167 cm³/mol. The van der Waals surface area contributed by atoms with Crippen molar-refractivity contribution in [1.29, 1.82) is 0 Å². The van der Waals surface area contributed by atoms with Gasteiger partial charge in [0.25, 0.3) is 5.91 Å². The van der Waals surface area contributed by atoms with E-state index in [9.17, 15) is 53.5 Å². The Labute approximate surface area is 293 Å². The Morgan fingerprint density at radius 3 is 2.25 bits per heavy atom. The van der Waals surface area contributed by atoms with Crippen LogP contribution in [-0.4, -0.2) is 68.2 Å². The summed E-state index contributed by atoms with van der Waals surface area (Å²) in [6, 6.07) is 2.62. The molecule has 2 aromatic carbocycles. The van der Waals surface area contributed by atoms with Crippen LogP contribution in [0.5, 0.6) is 5.75 Å². The molecule has 6 rings (SSSR count). The summed E-state index contributed by atoms with van der Waals surface area (Å²) in [5, 5.41) is 5.04. The summed E-state index contributed by atoms with van der Waals surface area (Å²) in [4.78, 5) is 40.6. The third-order valence-corrected chi connectivity index (χ3v) is 13.9. The first-order valence-corrected chi connectivity index (χ1v) is 18.2. The summed E-state index contributed by atoms with van der Waals surface area (Å²) in [5.74, 6) is -3.94. The molecule has 3 fully saturated rings. The SMILES string of the molecule is CCC[C@@H](C)C1CC(C(=O)N2CCC3(S(=O)(=O)c4ccc(F)cc4)c4ccc(C(F)(C(F)(F)F)C(F)(F)F)cc4OCC23)CCC12NC(=O)NC2=O. The maximum absolute atomic E-state index is 15.1. The lowest BCUT2D eigenvalue weighted by Crippen LogP contribution is -2.60. The molecule has 5 unspecified atom stereocenters. The molecule has 0 bridgehead atoms. The van der Waals surface area contributed by atoms with Gasteiger partial charge in [-0.3, -0.25) is 14.9 Å². The minimum absolute atomic E-state index is 0.0999. The summed E-state index contributed by atoms with van der Waals surface area (Å²) in [6.45, 7) is 2.91. The Morgan fingerprint density at radius 1 is 1.02 bits per heavy atom. The molecule has 1 saturated carbocycles. The zero-order chi connectivity index (χ0) is 38.2. The third kappa shape index (κ3) is 5.44. The fourth-order valence-electron chi connectivity index (χ4n) is 8.80. The first-order valence-electron chi connectivity index (χ1n) is 16.7. The number of nitrogens with one attached hydrogen (secondary N) is 2. The fourth-order valence-corrected chi connectivity index (χ4v) is 11.1. The quantitative estimate of drug-likeness (QED) is 0.197. The molecule has 9 nitrogen and oxygen atoms in total. The van der Waals surface area contributed by atoms with Gasteiger partial charge in [-0.2, -0.15) is 26.3 Å². The number of benzene rings is 2. The molecule has 284 valence electrons. The van der Waals surface area contributed by atoms with Crippen LogP contribution in [0.1, 0.15) is 63.5 Å². The number of alkyl halides is 7. The number of ether oxygens (including phenoxy) is 1. The van der Waals surface area contributed by atoms with Crippen LogP contribution < -0.4 is 15.4 Å². The molecule has 0 radical (unpaired) electrons. The van der Waals surface area contributed by atoms with Gasteiger partial charge in [-0.05, 0) is 67.9 Å². The number of amides is 4. The molecular weight excluding hydrogens is 730 g/mol. The van der Waals surface area contributed by atoms with E-state index in [1.165, 1.54) is 4.90 Å². The maximum atomic E-state index is 15.1. The fraction of sp³-hybridized carbons (Fsp3) is 0.559. The molecule has 4 amide bonds. The zero-order valence-corrected chi connectivity index (χ0v) is 28.7. The van der Waals surface area contributed by atoms with E-state index in [-0.39, 0.29) is 55.8 Å². The molecule has 1 spiro atoms. The molecule has 3 heterocycles. The first-order chi connectivity index (χ1) is 24.2. The van der Waals surface area contributed by atoms with Crippen molar-refractivity contribution in [1.82, 2.24) is 15.5 Å². The topological polar surface area (TPSA) is 122 Å². The van der Waals surface area contributed by atoms with Crippen molar-refractivity contribution in [2.75, 3.05) is 13.2 Å². The number of rotatable bonds is 7. The summed E-state index contributed by atoms with van der Waals surface area (Å²) in [5.41, 5.74) is -9.35. The monoisotopic (exact) mass is 765 g/mol. The highest BCUT2D eigenvalue weighted by molar-refractivity contribution is 7.92. The molecule has 52 heavy (non-hydrogen) atoms. The molecule has 18 heteroatoms. The number of carbonyl (C=O) groups is 3. The van der Waals surface area contributed by atoms with Crippen LogP contribution in [0.25, 0.3) is 0 Å². The van der Waals surface area contributed by atoms with E-state index in [0.29, 0.717) is 12.5 Å². The average molecular weight is 766 g/mol. The van der Waals surface area contributed by atoms with Gasteiger partial charge in [0.2, 0.25) is 5.91 Å². The van der Waals surface area contributed by atoms with E-state index in [1.807, 2.05) is 13.8 Å². The number of nitrogens with zero attached hydrogens (tertiary/aromatic N) is 1. The molecule has 0 aromatic heterocycles. The van der Waals surface area contributed by atoms with Crippen LogP contribution in [0.3, 0.4) is 0 Å². The van der Waals surface area contributed by atoms with E-state index in [2.05, 4.69) is 10.6 Å². The van der Waals surface area contributed by atoms with Crippen LogP contribution in [0, 0.1) is 23.6 Å². The van der Waals surface area contributed by atoms with E-state index < -0.39 is 103 Å². The minimum Gasteiger partial charge on any atom is -0.491 e. The normalized spacial score (nSPS) is 28.5. The smallest absolute Gasteiger partial charge is 0.435 e. The van der Waals surface area contributed by atoms with Crippen molar-refractivity contribution >= 4 is 27.7 Å². The highest BCUT2D eigenvalue weighted by Crippen LogP contribution is 2.58. The standard InChI is InChI=1S/C34H35F8N3O6S/c1-3-4-18(2)24-15-19(11-12-30(24)28(47)43-29(48)44-30)27(46)45-14-13-31(52(49,50)22-8-6-21(35)7-9-22)23-10-5-20(16-25(23)51-17-26(31)45)32(36,33(37,38)39)34(40,41)42/h5-10,16,18-19,24,26H,3-4,11-15,17H2,1-2H3,(H2,43,44,47,48)/t18-,19?,24?,26?,30?,31?/m1/s1. The van der Waals surface area contributed by atoms with Gasteiger partial charge in [0.1, 0.15) is 28.5 Å². The number of likely N-dealkylation sites (tertiary alicyclic amines) is 1. The Hall–Kier alpha value is -3.96. The molecule has 3 aliphatic heterocycles. The second-order valence-electron chi connectivity index (χ2n) is 14.0. The number of halogens is 8. The lowest BCUT2D eigenvalue weighted by molar-refractivity contribution is -0.348. The van der Waals surface area contributed by atoms with Crippen LogP contribution in [0.15, 0.2) is 47.4 Å².